The van der Waals surface area contributed by atoms with Gasteiger partial charge in [0.2, 0.25) is 17.7 Å². The second-order valence-corrected chi connectivity index (χ2v) is 9.40. The van der Waals surface area contributed by atoms with Crippen LogP contribution in [0.4, 0.5) is 10.8 Å². The molecule has 2 aliphatic heterocycles. The third kappa shape index (κ3) is 5.73. The highest BCUT2D eigenvalue weighted by Crippen LogP contribution is 2.32. The average Bonchev–Trinajstić information content (AvgIpc) is 3.43. The second-order valence-electron chi connectivity index (χ2n) is 8.51. The lowest BCUT2D eigenvalue weighted by Crippen LogP contribution is -2.54. The van der Waals surface area contributed by atoms with Gasteiger partial charge in [0.1, 0.15) is 6.04 Å². The zero-order valence-corrected chi connectivity index (χ0v) is 20.0. The zero-order valence-electron chi connectivity index (χ0n) is 19.2. The Morgan fingerprint density at radius 1 is 1.09 bits per heavy atom. The van der Waals surface area contributed by atoms with E-state index in [1.54, 1.807) is 24.4 Å². The molecule has 10 nitrogen and oxygen atoms in total. The monoisotopic (exact) mass is 497 g/mol. The number of nitrogens with one attached hydrogen (secondary N) is 3. The number of amides is 5. The molecular weight excluding hydrogens is 470 g/mol. The predicted octanol–water partition coefficient (Wildman–Crippen LogP) is 2.94. The van der Waals surface area contributed by atoms with Crippen molar-refractivity contribution >= 4 is 51.7 Å². The van der Waals surface area contributed by atoms with E-state index in [-0.39, 0.29) is 29.9 Å². The lowest BCUT2D eigenvalue weighted by atomic mass is 10.0. The summed E-state index contributed by atoms with van der Waals surface area (Å²) in [6, 6.07) is 4.06. The van der Waals surface area contributed by atoms with E-state index in [0.717, 1.165) is 37.0 Å². The molecule has 0 bridgehead atoms. The van der Waals surface area contributed by atoms with E-state index in [1.165, 1.54) is 11.3 Å². The van der Waals surface area contributed by atoms with Gasteiger partial charge in [-0.25, -0.2) is 4.98 Å². The minimum Gasteiger partial charge on any atom is -0.384 e. The molecule has 0 spiro atoms. The third-order valence-corrected chi connectivity index (χ3v) is 6.73. The number of imide groups is 2. The molecule has 3 heterocycles. The number of aromatic nitrogens is 1. The smallest absolute Gasteiger partial charge is 0.264 e. The first kappa shape index (κ1) is 24.5. The Balaban J connectivity index is 1.21. The first-order valence-corrected chi connectivity index (χ1v) is 12.6. The summed E-state index contributed by atoms with van der Waals surface area (Å²) in [5.41, 5.74) is 1.10. The zero-order chi connectivity index (χ0) is 24.8. The minimum absolute atomic E-state index is 0.0230. The van der Waals surface area contributed by atoms with Gasteiger partial charge in [-0.05, 0) is 31.4 Å². The van der Waals surface area contributed by atoms with E-state index in [1.807, 2.05) is 5.38 Å². The second kappa shape index (κ2) is 11.2. The van der Waals surface area contributed by atoms with Crippen LogP contribution in [-0.4, -0.2) is 52.0 Å². The summed E-state index contributed by atoms with van der Waals surface area (Å²) < 4.78 is 0. The molecule has 1 fully saturated rings. The van der Waals surface area contributed by atoms with Gasteiger partial charge in [-0.3, -0.25) is 34.2 Å². The van der Waals surface area contributed by atoms with E-state index in [0.29, 0.717) is 23.8 Å². The Kier molecular flexibility index (Phi) is 7.86. The van der Waals surface area contributed by atoms with Gasteiger partial charge in [-0.2, -0.15) is 0 Å². The van der Waals surface area contributed by atoms with Crippen LogP contribution in [0, 0.1) is 0 Å². The first-order valence-electron chi connectivity index (χ1n) is 11.7. The van der Waals surface area contributed by atoms with Crippen LogP contribution < -0.4 is 16.0 Å². The maximum atomic E-state index is 13.1. The Bertz CT molecular complexity index is 1130. The molecule has 5 amide bonds. The largest absolute Gasteiger partial charge is 0.384 e. The molecule has 0 saturated carbocycles. The summed E-state index contributed by atoms with van der Waals surface area (Å²) >= 11 is 1.39. The standard InChI is InChI=1S/C24H27N5O5S/c30-18(28-24-26-13-14-35-24)9-4-2-1-3-5-12-25-16-8-6-7-15-20(16)23(34)29(22(15)33)17-10-11-19(31)27-21(17)32/h6-8,13-14,17,25H,1-5,9-12H2,(H,26,28,30)(H,27,31,32). The highest BCUT2D eigenvalue weighted by Gasteiger charge is 2.45. The number of hydrogen-bond donors (Lipinski definition) is 3. The number of benzene rings is 1. The van der Waals surface area contributed by atoms with E-state index in [4.69, 9.17) is 0 Å². The maximum Gasteiger partial charge on any atom is 0.264 e. The lowest BCUT2D eigenvalue weighted by Gasteiger charge is -2.27. The van der Waals surface area contributed by atoms with Crippen LogP contribution >= 0.6 is 11.3 Å². The van der Waals surface area contributed by atoms with Crippen molar-refractivity contribution in [3.8, 4) is 0 Å². The topological polar surface area (TPSA) is 138 Å². The van der Waals surface area contributed by atoms with Crippen molar-refractivity contribution in [3.05, 3.63) is 40.9 Å². The van der Waals surface area contributed by atoms with Crippen LogP contribution in [0.1, 0.15) is 72.1 Å². The van der Waals surface area contributed by atoms with Gasteiger partial charge >= 0.3 is 0 Å². The summed E-state index contributed by atoms with van der Waals surface area (Å²) in [7, 11) is 0. The van der Waals surface area contributed by atoms with Gasteiger partial charge in [0.25, 0.3) is 11.8 Å². The Morgan fingerprint density at radius 2 is 1.89 bits per heavy atom. The van der Waals surface area contributed by atoms with Crippen molar-refractivity contribution < 1.29 is 24.0 Å². The number of rotatable bonds is 11. The van der Waals surface area contributed by atoms with Crippen LogP contribution in [0.15, 0.2) is 29.8 Å². The van der Waals surface area contributed by atoms with Gasteiger partial charge in [0.05, 0.1) is 11.1 Å². The number of nitrogens with zero attached hydrogens (tertiary/aromatic N) is 2. The van der Waals surface area contributed by atoms with Crippen molar-refractivity contribution in [2.24, 2.45) is 0 Å². The van der Waals surface area contributed by atoms with Crippen molar-refractivity contribution in [1.29, 1.82) is 0 Å². The molecule has 184 valence electrons. The van der Waals surface area contributed by atoms with Crippen molar-refractivity contribution in [1.82, 2.24) is 15.2 Å². The van der Waals surface area contributed by atoms with E-state index < -0.39 is 29.7 Å². The molecule has 0 aliphatic carbocycles. The van der Waals surface area contributed by atoms with Gasteiger partial charge in [0.15, 0.2) is 5.13 Å². The van der Waals surface area contributed by atoms with Gasteiger partial charge < -0.3 is 10.6 Å². The number of carbonyl (C=O) groups is 5. The predicted molar refractivity (Wildman–Crippen MR) is 130 cm³/mol. The highest BCUT2D eigenvalue weighted by atomic mass is 32.1. The number of fused-ring (bicyclic) bond motifs is 1. The average molecular weight is 498 g/mol. The van der Waals surface area contributed by atoms with Crippen molar-refractivity contribution in [2.75, 3.05) is 17.2 Å². The number of carbonyl (C=O) groups excluding carboxylic acids is 5. The number of piperidine rings is 1. The Morgan fingerprint density at radius 3 is 2.66 bits per heavy atom. The summed E-state index contributed by atoms with van der Waals surface area (Å²) in [4.78, 5) is 66.5. The minimum atomic E-state index is -0.975. The summed E-state index contributed by atoms with van der Waals surface area (Å²) in [5.74, 6) is -2.07. The van der Waals surface area contributed by atoms with Crippen LogP contribution in [0.2, 0.25) is 0 Å². The van der Waals surface area contributed by atoms with Crippen molar-refractivity contribution in [3.63, 3.8) is 0 Å². The van der Waals surface area contributed by atoms with E-state index >= 15 is 0 Å². The number of hydrogen-bond acceptors (Lipinski definition) is 8. The third-order valence-electron chi connectivity index (χ3n) is 6.04. The van der Waals surface area contributed by atoms with E-state index in [2.05, 4.69) is 20.9 Å². The normalized spacial score (nSPS) is 17.4. The Hall–Kier alpha value is -3.60. The summed E-state index contributed by atoms with van der Waals surface area (Å²) in [6.45, 7) is 0.626. The van der Waals surface area contributed by atoms with Crippen molar-refractivity contribution in [2.45, 2.75) is 57.4 Å². The van der Waals surface area contributed by atoms with E-state index in [9.17, 15) is 24.0 Å². The molecule has 1 atom stereocenters. The number of anilines is 2. The van der Waals surface area contributed by atoms with Crippen LogP contribution in [0.25, 0.3) is 0 Å². The fourth-order valence-corrected chi connectivity index (χ4v) is 4.84. The van der Waals surface area contributed by atoms with Gasteiger partial charge in [-0.1, -0.05) is 25.3 Å². The molecule has 1 aromatic heterocycles. The van der Waals surface area contributed by atoms with Crippen LogP contribution in [-0.2, 0) is 14.4 Å². The summed E-state index contributed by atoms with van der Waals surface area (Å²) in [5, 5.41) is 10.7. The fraction of sp³-hybridized carbons (Fsp3) is 0.417. The van der Waals surface area contributed by atoms with Gasteiger partial charge in [0, 0.05) is 36.7 Å². The molecule has 1 aromatic carbocycles. The number of thiazole rings is 1. The molecule has 3 N–H and O–H groups in total. The highest BCUT2D eigenvalue weighted by molar-refractivity contribution is 7.13. The molecule has 2 aliphatic rings. The molecule has 4 rings (SSSR count). The van der Waals surface area contributed by atoms with Crippen LogP contribution in [0.5, 0.6) is 0 Å². The molecule has 11 heteroatoms. The maximum absolute atomic E-state index is 13.1. The fourth-order valence-electron chi connectivity index (χ4n) is 4.29. The summed E-state index contributed by atoms with van der Waals surface area (Å²) in [6.07, 6.45) is 6.91. The molecule has 35 heavy (non-hydrogen) atoms. The van der Waals surface area contributed by atoms with Crippen LogP contribution in [0.3, 0.4) is 0 Å². The quantitative estimate of drug-likeness (QED) is 0.321. The Labute approximate surface area is 206 Å². The SMILES string of the molecule is O=C1CCC(N2C(=O)c3cccc(NCCCCCCCC(=O)Nc4nccs4)c3C2=O)C(=O)N1. The molecule has 2 aromatic rings. The molecule has 1 saturated heterocycles. The molecule has 1 unspecified atom stereocenters. The van der Waals surface area contributed by atoms with Gasteiger partial charge in [-0.15, -0.1) is 11.3 Å². The number of unbranched alkanes of at least 4 members (excludes halogenated alkanes) is 4. The molecule has 0 radical (unpaired) electrons. The lowest BCUT2D eigenvalue weighted by molar-refractivity contribution is -0.136. The molecular formula is C24H27N5O5S. The first-order chi connectivity index (χ1) is 17.0.